The molecule has 2 amide bonds. The van der Waals surface area contributed by atoms with Crippen LogP contribution in [0.15, 0.2) is 102 Å². The number of aromatic amines is 1. The quantitative estimate of drug-likeness (QED) is 0.120. The molecule has 0 spiro atoms. The van der Waals surface area contributed by atoms with Gasteiger partial charge >= 0.3 is 0 Å². The SMILES string of the molecule is Cc1cccc(S(=O)(=O)OCCCc2c[nH]c3c(OCc4ccccc4)cccc23)c1N1C(=O)c2ccccc2C1=O. The lowest BCUT2D eigenvalue weighted by molar-refractivity contribution is 0.0925. The molecule has 9 heteroatoms. The summed E-state index contributed by atoms with van der Waals surface area (Å²) in [6.07, 6.45) is 2.89. The highest BCUT2D eigenvalue weighted by atomic mass is 32.2. The summed E-state index contributed by atoms with van der Waals surface area (Å²) in [6, 6.07) is 26.8. The molecule has 0 fully saturated rings. The predicted molar refractivity (Wildman–Crippen MR) is 159 cm³/mol. The number of benzene rings is 4. The number of rotatable bonds is 10. The van der Waals surface area contributed by atoms with Crippen molar-refractivity contribution < 1.29 is 26.9 Å². The van der Waals surface area contributed by atoms with E-state index in [1.807, 2.05) is 54.7 Å². The van der Waals surface area contributed by atoms with Gasteiger partial charge in [0.25, 0.3) is 21.9 Å². The minimum absolute atomic E-state index is 0.0170. The van der Waals surface area contributed by atoms with Gasteiger partial charge in [0.1, 0.15) is 17.3 Å². The number of fused-ring (bicyclic) bond motifs is 2. The van der Waals surface area contributed by atoms with Gasteiger partial charge in [-0.05, 0) is 60.7 Å². The maximum absolute atomic E-state index is 13.4. The van der Waals surface area contributed by atoms with Gasteiger partial charge in [-0.1, -0.05) is 66.7 Å². The molecule has 0 saturated carbocycles. The summed E-state index contributed by atoms with van der Waals surface area (Å²) in [5.41, 5.74) is 3.92. The van der Waals surface area contributed by atoms with Gasteiger partial charge in [-0.3, -0.25) is 13.8 Å². The number of nitrogens with one attached hydrogen (secondary N) is 1. The average molecular weight is 581 g/mol. The minimum Gasteiger partial charge on any atom is -0.487 e. The van der Waals surface area contributed by atoms with Crippen LogP contribution in [0.3, 0.4) is 0 Å². The average Bonchev–Trinajstić information content (AvgIpc) is 3.53. The van der Waals surface area contributed by atoms with E-state index in [0.29, 0.717) is 25.0 Å². The van der Waals surface area contributed by atoms with Crippen LogP contribution in [0.25, 0.3) is 10.9 Å². The number of aromatic nitrogens is 1. The second-order valence-corrected chi connectivity index (χ2v) is 11.6. The number of para-hydroxylation sites is 2. The van der Waals surface area contributed by atoms with Crippen molar-refractivity contribution in [2.24, 2.45) is 0 Å². The molecule has 1 aliphatic rings. The van der Waals surface area contributed by atoms with E-state index in [2.05, 4.69) is 4.98 Å². The van der Waals surface area contributed by atoms with E-state index in [1.54, 1.807) is 43.3 Å². The third-order valence-corrected chi connectivity index (χ3v) is 8.66. The Hall–Kier alpha value is -4.73. The Balaban J connectivity index is 1.15. The molecule has 0 aliphatic carbocycles. The molecule has 1 aliphatic heterocycles. The van der Waals surface area contributed by atoms with Gasteiger partial charge in [-0.25, -0.2) is 4.90 Å². The zero-order valence-corrected chi connectivity index (χ0v) is 23.7. The molecule has 0 atom stereocenters. The first-order chi connectivity index (χ1) is 20.3. The summed E-state index contributed by atoms with van der Waals surface area (Å²) in [5.74, 6) is -0.387. The van der Waals surface area contributed by atoms with Crippen LogP contribution in [0.2, 0.25) is 0 Å². The number of imide groups is 1. The van der Waals surface area contributed by atoms with Crippen molar-refractivity contribution in [3.05, 3.63) is 125 Å². The number of carbonyl (C=O) groups excluding carboxylic acids is 2. The summed E-state index contributed by atoms with van der Waals surface area (Å²) in [7, 11) is -4.28. The smallest absolute Gasteiger partial charge is 0.299 e. The molecule has 1 aromatic heterocycles. The number of H-pyrrole nitrogens is 1. The van der Waals surface area contributed by atoms with Crippen molar-refractivity contribution in [3.63, 3.8) is 0 Å². The molecule has 42 heavy (non-hydrogen) atoms. The number of ether oxygens (including phenoxy) is 1. The summed E-state index contributed by atoms with van der Waals surface area (Å²) in [4.78, 5) is 30.3. The lowest BCUT2D eigenvalue weighted by atomic mass is 10.1. The number of aryl methyl sites for hydroxylation is 2. The maximum Gasteiger partial charge on any atom is 0.299 e. The van der Waals surface area contributed by atoms with E-state index < -0.39 is 21.9 Å². The largest absolute Gasteiger partial charge is 0.487 e. The first-order valence-corrected chi connectivity index (χ1v) is 15.0. The Labute approximate surface area is 243 Å². The summed E-state index contributed by atoms with van der Waals surface area (Å²) in [6.45, 7) is 2.03. The molecule has 0 radical (unpaired) electrons. The molecular formula is C33H28N2O6S. The van der Waals surface area contributed by atoms with Crippen molar-refractivity contribution in [2.75, 3.05) is 11.5 Å². The number of amides is 2. The second kappa shape index (κ2) is 11.3. The Morgan fingerprint density at radius 1 is 0.810 bits per heavy atom. The highest BCUT2D eigenvalue weighted by Gasteiger charge is 2.40. The van der Waals surface area contributed by atoms with E-state index in [-0.39, 0.29) is 28.3 Å². The first-order valence-electron chi connectivity index (χ1n) is 13.6. The molecular weight excluding hydrogens is 552 g/mol. The third kappa shape index (κ3) is 5.08. The molecule has 6 rings (SSSR count). The predicted octanol–water partition coefficient (Wildman–Crippen LogP) is 6.19. The number of hydrogen-bond acceptors (Lipinski definition) is 6. The fraction of sp³-hybridized carbons (Fsp3) is 0.152. The van der Waals surface area contributed by atoms with Crippen molar-refractivity contribution in [1.29, 1.82) is 0 Å². The molecule has 1 N–H and O–H groups in total. The van der Waals surface area contributed by atoms with Crippen LogP contribution in [0, 0.1) is 6.92 Å². The Morgan fingerprint density at radius 3 is 2.24 bits per heavy atom. The molecule has 5 aromatic rings. The van der Waals surface area contributed by atoms with Gasteiger partial charge in [0.2, 0.25) is 0 Å². The number of carbonyl (C=O) groups is 2. The topological polar surface area (TPSA) is 106 Å². The van der Waals surface area contributed by atoms with Crippen LogP contribution in [0.1, 0.15) is 43.8 Å². The van der Waals surface area contributed by atoms with Crippen molar-refractivity contribution >= 4 is 38.5 Å². The van der Waals surface area contributed by atoms with E-state index in [4.69, 9.17) is 8.92 Å². The lowest BCUT2D eigenvalue weighted by Gasteiger charge is -2.20. The molecule has 0 unspecified atom stereocenters. The molecule has 0 saturated heterocycles. The lowest BCUT2D eigenvalue weighted by Crippen LogP contribution is -2.31. The normalized spacial score (nSPS) is 13.1. The highest BCUT2D eigenvalue weighted by Crippen LogP contribution is 2.36. The van der Waals surface area contributed by atoms with Crippen molar-refractivity contribution in [1.82, 2.24) is 4.98 Å². The van der Waals surface area contributed by atoms with Gasteiger partial charge in [-0.2, -0.15) is 8.42 Å². The molecule has 0 bridgehead atoms. The van der Waals surface area contributed by atoms with Crippen LogP contribution in [-0.2, 0) is 27.3 Å². The summed E-state index contributed by atoms with van der Waals surface area (Å²) < 4.78 is 38.2. The van der Waals surface area contributed by atoms with Gasteiger partial charge < -0.3 is 9.72 Å². The van der Waals surface area contributed by atoms with Crippen molar-refractivity contribution in [2.45, 2.75) is 31.3 Å². The fourth-order valence-electron chi connectivity index (χ4n) is 5.25. The zero-order valence-electron chi connectivity index (χ0n) is 22.9. The fourth-order valence-corrected chi connectivity index (χ4v) is 6.45. The number of anilines is 1. The second-order valence-electron chi connectivity index (χ2n) is 10.1. The monoisotopic (exact) mass is 580 g/mol. The van der Waals surface area contributed by atoms with Crippen LogP contribution in [-0.4, -0.2) is 31.8 Å². The van der Waals surface area contributed by atoms with E-state index in [9.17, 15) is 18.0 Å². The van der Waals surface area contributed by atoms with E-state index in [1.165, 1.54) is 6.07 Å². The summed E-state index contributed by atoms with van der Waals surface area (Å²) in [5, 5.41) is 0.995. The number of hydrogen-bond donors (Lipinski definition) is 1. The first kappa shape index (κ1) is 27.4. The van der Waals surface area contributed by atoms with E-state index in [0.717, 1.165) is 32.7 Å². The summed E-state index contributed by atoms with van der Waals surface area (Å²) >= 11 is 0. The maximum atomic E-state index is 13.4. The number of nitrogens with zero attached hydrogens (tertiary/aromatic N) is 1. The standard InChI is InChI=1S/C33H28N2O6S/c1-22-10-7-18-29(31(22)35-32(36)26-14-5-6-15-27(26)33(35)37)42(38,39)41-19-9-13-24-20-34-30-25(24)16-8-17-28(30)40-21-23-11-3-2-4-12-23/h2-8,10-12,14-18,20,34H,9,13,19,21H2,1H3. The molecule has 212 valence electrons. The van der Waals surface area contributed by atoms with Crippen LogP contribution in [0.4, 0.5) is 5.69 Å². The Morgan fingerprint density at radius 2 is 1.50 bits per heavy atom. The van der Waals surface area contributed by atoms with Gasteiger partial charge in [-0.15, -0.1) is 0 Å². The van der Waals surface area contributed by atoms with Gasteiger partial charge in [0.15, 0.2) is 0 Å². The van der Waals surface area contributed by atoms with Gasteiger partial charge in [0, 0.05) is 11.6 Å². The van der Waals surface area contributed by atoms with Crippen LogP contribution < -0.4 is 9.64 Å². The minimum atomic E-state index is -4.28. The molecule has 4 aromatic carbocycles. The van der Waals surface area contributed by atoms with Gasteiger partial charge in [0.05, 0.1) is 28.9 Å². The highest BCUT2D eigenvalue weighted by molar-refractivity contribution is 7.87. The molecule has 2 heterocycles. The Kier molecular flexibility index (Phi) is 7.36. The van der Waals surface area contributed by atoms with Crippen LogP contribution in [0.5, 0.6) is 5.75 Å². The van der Waals surface area contributed by atoms with Crippen LogP contribution >= 0.6 is 0 Å². The third-order valence-electron chi connectivity index (χ3n) is 7.32. The van der Waals surface area contributed by atoms with Crippen molar-refractivity contribution in [3.8, 4) is 5.75 Å². The Bertz CT molecular complexity index is 1880. The van der Waals surface area contributed by atoms with E-state index >= 15 is 0 Å². The molecule has 8 nitrogen and oxygen atoms in total. The zero-order chi connectivity index (χ0) is 29.3.